The van der Waals surface area contributed by atoms with Crippen LogP contribution in [0.4, 0.5) is 0 Å². The van der Waals surface area contributed by atoms with Gasteiger partial charge in [-0.25, -0.2) is 0 Å². The molecule has 600 valence electrons. The molecule has 12 N–H and O–H groups in total. The number of carbonyl (C=O) groups excluding carboxylic acids is 1. The van der Waals surface area contributed by atoms with Gasteiger partial charge >= 0.3 is 0 Å². The fourth-order valence-electron chi connectivity index (χ4n) is 15.1. The van der Waals surface area contributed by atoms with Gasteiger partial charge in [-0.3, -0.25) is 4.79 Å². The minimum atomic E-state index is -1.97. The van der Waals surface area contributed by atoms with Crippen LogP contribution in [0.5, 0.6) is 0 Å². The molecule has 0 aromatic carbocycles. The van der Waals surface area contributed by atoms with Crippen LogP contribution < -0.4 is 5.32 Å². The Hall–Kier alpha value is -1.21. The van der Waals surface area contributed by atoms with Crippen LogP contribution in [0.2, 0.25) is 0 Å². The zero-order valence-electron chi connectivity index (χ0n) is 64.4. The molecule has 0 radical (unpaired) electrons. The number of carbonyl (C=O) groups is 1. The lowest BCUT2D eigenvalue weighted by Crippen LogP contribution is -2.66. The largest absolute Gasteiger partial charge is 0.394 e. The lowest BCUT2D eigenvalue weighted by atomic mass is 9.96. The van der Waals surface area contributed by atoms with E-state index in [1.54, 1.807) is 0 Å². The molecule has 0 aromatic heterocycles. The van der Waals surface area contributed by atoms with Crippen molar-refractivity contribution in [3.8, 4) is 0 Å². The second-order valence-corrected chi connectivity index (χ2v) is 31.0. The number of amides is 1. The summed E-state index contributed by atoms with van der Waals surface area (Å²) in [6.07, 6.45) is 47.8. The van der Waals surface area contributed by atoms with Crippen LogP contribution in [0.15, 0.2) is 0 Å². The van der Waals surface area contributed by atoms with Crippen molar-refractivity contribution in [2.24, 2.45) is 0 Å². The lowest BCUT2D eigenvalue weighted by molar-refractivity contribution is -0.379. The first-order valence-electron chi connectivity index (χ1n) is 42.8. The van der Waals surface area contributed by atoms with E-state index >= 15 is 0 Å². The van der Waals surface area contributed by atoms with Crippen LogP contribution in [0.25, 0.3) is 0 Å². The van der Waals surface area contributed by atoms with Crippen molar-refractivity contribution >= 4 is 5.91 Å². The molecule has 19 heteroatoms. The summed E-state index contributed by atoms with van der Waals surface area (Å²) in [6, 6.07) is -0.884. The summed E-state index contributed by atoms with van der Waals surface area (Å²) in [4.78, 5) is 13.5. The van der Waals surface area contributed by atoms with Gasteiger partial charge in [0.2, 0.25) is 5.91 Å². The van der Waals surface area contributed by atoms with Gasteiger partial charge in [-0.05, 0) is 12.8 Å². The predicted molar refractivity (Wildman–Crippen MR) is 402 cm³/mol. The smallest absolute Gasteiger partial charge is 0.220 e. The standard InChI is InChI=1S/C82H159NO18/c1-3-5-7-9-11-13-15-17-19-21-23-25-27-29-30-31-32-33-34-35-36-37-39-41-43-45-47-49-51-53-55-57-59-66(87)65(83-70(88)60-58-56-54-52-50-48-46-44-42-40-38-28-26-24-22-20-18-16-14-12-10-8-6-4-2)64-96-80-76(94)73(91)78(68(62-85)98-80)101-82-77(95)74(92)79(69(63-86)99-82)100-81-75(93)72(90)71(89)67(61-84)97-81/h65-69,71-82,84-87,89-95H,3-64H2,1-2H3,(H,83,88). The summed E-state index contributed by atoms with van der Waals surface area (Å²) in [6.45, 7) is 1.88. The molecular weight excluding hydrogens is 1290 g/mol. The van der Waals surface area contributed by atoms with Gasteiger partial charge in [0.15, 0.2) is 18.9 Å². The van der Waals surface area contributed by atoms with Gasteiger partial charge in [-0.15, -0.1) is 0 Å². The SMILES string of the molecule is CCCCCCCCCCCCCCCCCCCCCCCCCCCCCCCCCCC(O)C(COC1OC(CO)C(OC2OC(CO)C(OC3OC(CO)C(O)C(O)C3O)C(O)C2O)C(O)C1O)NC(=O)CCCCCCCCCCCCCCCCCCCCCCCCCC. The van der Waals surface area contributed by atoms with Crippen molar-refractivity contribution in [3.05, 3.63) is 0 Å². The Morgan fingerprint density at radius 2 is 0.564 bits per heavy atom. The van der Waals surface area contributed by atoms with Crippen molar-refractivity contribution in [1.82, 2.24) is 5.32 Å². The van der Waals surface area contributed by atoms with Crippen LogP contribution in [-0.4, -0.2) is 193 Å². The van der Waals surface area contributed by atoms with Gasteiger partial charge in [0.1, 0.15) is 73.2 Å². The van der Waals surface area contributed by atoms with Crippen LogP contribution in [0.3, 0.4) is 0 Å². The molecule has 0 saturated carbocycles. The van der Waals surface area contributed by atoms with E-state index in [-0.39, 0.29) is 18.9 Å². The van der Waals surface area contributed by atoms with E-state index in [2.05, 4.69) is 19.2 Å². The molecule has 3 heterocycles. The summed E-state index contributed by atoms with van der Waals surface area (Å²) in [5.74, 6) is -0.232. The minimum absolute atomic E-state index is 0.232. The number of hydrogen-bond donors (Lipinski definition) is 12. The van der Waals surface area contributed by atoms with E-state index < -0.39 is 124 Å². The average molecular weight is 1450 g/mol. The Bertz CT molecular complexity index is 1820. The Kier molecular flexibility index (Phi) is 59.3. The van der Waals surface area contributed by atoms with Crippen LogP contribution >= 0.6 is 0 Å². The highest BCUT2D eigenvalue weighted by atomic mass is 16.8. The molecule has 3 rings (SSSR count). The number of hydrogen-bond acceptors (Lipinski definition) is 18. The molecule has 3 fully saturated rings. The summed E-state index contributed by atoms with van der Waals surface area (Å²) < 4.78 is 34.6. The molecule has 17 atom stereocenters. The maximum Gasteiger partial charge on any atom is 0.220 e. The van der Waals surface area contributed by atoms with Crippen LogP contribution in [-0.2, 0) is 33.2 Å². The molecule has 3 aliphatic heterocycles. The predicted octanol–water partition coefficient (Wildman–Crippen LogP) is 15.0. The monoisotopic (exact) mass is 1450 g/mol. The van der Waals surface area contributed by atoms with Gasteiger partial charge in [0.25, 0.3) is 0 Å². The van der Waals surface area contributed by atoms with Gasteiger partial charge in [-0.1, -0.05) is 367 Å². The average Bonchev–Trinajstić information content (AvgIpc) is 0.792. The number of rotatable bonds is 70. The maximum absolute atomic E-state index is 13.5. The van der Waals surface area contributed by atoms with Gasteiger partial charge in [0.05, 0.1) is 38.6 Å². The molecular formula is C82H159NO18. The fraction of sp³-hybridized carbons (Fsp3) is 0.988. The maximum atomic E-state index is 13.5. The first-order chi connectivity index (χ1) is 49.3. The molecule has 3 aliphatic rings. The highest BCUT2D eigenvalue weighted by molar-refractivity contribution is 5.76. The second-order valence-electron chi connectivity index (χ2n) is 31.0. The van der Waals surface area contributed by atoms with Crippen LogP contribution in [0.1, 0.15) is 386 Å². The van der Waals surface area contributed by atoms with Crippen molar-refractivity contribution in [1.29, 1.82) is 0 Å². The van der Waals surface area contributed by atoms with E-state index in [4.69, 9.17) is 28.4 Å². The molecule has 0 bridgehead atoms. The quantitative estimate of drug-likeness (QED) is 0.0252. The third-order valence-electron chi connectivity index (χ3n) is 21.9. The number of aliphatic hydroxyl groups is 11. The van der Waals surface area contributed by atoms with Crippen molar-refractivity contribution in [2.75, 3.05) is 26.4 Å². The van der Waals surface area contributed by atoms with E-state index in [0.717, 1.165) is 44.9 Å². The molecule has 17 unspecified atom stereocenters. The van der Waals surface area contributed by atoms with E-state index in [9.17, 15) is 61.0 Å². The zero-order valence-corrected chi connectivity index (χ0v) is 64.4. The van der Waals surface area contributed by atoms with Crippen molar-refractivity contribution in [3.63, 3.8) is 0 Å². The Morgan fingerprint density at radius 3 is 0.861 bits per heavy atom. The highest BCUT2D eigenvalue weighted by Crippen LogP contribution is 2.34. The number of aliphatic hydroxyl groups excluding tert-OH is 11. The first-order valence-corrected chi connectivity index (χ1v) is 42.8. The zero-order chi connectivity index (χ0) is 73.2. The summed E-state index contributed by atoms with van der Waals surface area (Å²) >= 11 is 0. The highest BCUT2D eigenvalue weighted by Gasteiger charge is 2.54. The second kappa shape index (κ2) is 63.7. The molecule has 3 saturated heterocycles. The molecule has 19 nitrogen and oxygen atoms in total. The van der Waals surface area contributed by atoms with Crippen LogP contribution in [0, 0.1) is 0 Å². The Balaban J connectivity index is 1.34. The van der Waals surface area contributed by atoms with E-state index in [1.165, 1.54) is 308 Å². The third-order valence-corrected chi connectivity index (χ3v) is 21.9. The van der Waals surface area contributed by atoms with E-state index in [1.807, 2.05) is 0 Å². The molecule has 101 heavy (non-hydrogen) atoms. The fourth-order valence-corrected chi connectivity index (χ4v) is 15.1. The normalized spacial score (nSPS) is 26.2. The van der Waals surface area contributed by atoms with E-state index in [0.29, 0.717) is 12.8 Å². The topological polar surface area (TPSA) is 307 Å². The summed E-state index contributed by atoms with van der Waals surface area (Å²) in [5, 5.41) is 121. The number of unbranched alkanes of at least 4 members (excludes halogenated alkanes) is 54. The number of ether oxygens (including phenoxy) is 6. The molecule has 1 amide bonds. The molecule has 0 aliphatic carbocycles. The summed E-state index contributed by atoms with van der Waals surface area (Å²) in [7, 11) is 0. The molecule has 0 spiro atoms. The third kappa shape index (κ3) is 43.5. The Morgan fingerprint density at radius 1 is 0.317 bits per heavy atom. The van der Waals surface area contributed by atoms with Crippen molar-refractivity contribution in [2.45, 2.75) is 491 Å². The first kappa shape index (κ1) is 94.0. The van der Waals surface area contributed by atoms with Gasteiger partial charge in [0, 0.05) is 6.42 Å². The Labute approximate surface area is 614 Å². The lowest BCUT2D eigenvalue weighted by Gasteiger charge is -2.48. The number of nitrogens with one attached hydrogen (secondary N) is 1. The van der Waals surface area contributed by atoms with Gasteiger partial charge in [-0.2, -0.15) is 0 Å². The molecule has 0 aromatic rings. The van der Waals surface area contributed by atoms with Gasteiger partial charge < -0.3 is 89.9 Å². The van der Waals surface area contributed by atoms with Crippen molar-refractivity contribution < 1.29 is 89.4 Å². The minimum Gasteiger partial charge on any atom is -0.394 e. The summed E-state index contributed by atoms with van der Waals surface area (Å²) in [5.41, 5.74) is 0.